The summed E-state index contributed by atoms with van der Waals surface area (Å²) in [6, 6.07) is 9.12. The fourth-order valence-electron chi connectivity index (χ4n) is 2.28. The summed E-state index contributed by atoms with van der Waals surface area (Å²) in [6.07, 6.45) is 3.24. The summed E-state index contributed by atoms with van der Waals surface area (Å²) in [5, 5.41) is 13.6. The molecule has 14 heavy (non-hydrogen) atoms. The predicted octanol–water partition coefficient (Wildman–Crippen LogP) is 1.40. The number of aliphatic hydroxyl groups excluding tert-OH is 1. The number of hydrogen-bond acceptors (Lipinski definition) is 2. The van der Waals surface area contributed by atoms with Crippen LogP contribution in [0.15, 0.2) is 24.3 Å². The summed E-state index contributed by atoms with van der Waals surface area (Å²) in [6.45, 7) is 0. The minimum absolute atomic E-state index is 0.250. The van der Waals surface area contributed by atoms with Crippen molar-refractivity contribution in [1.29, 1.82) is 0 Å². The Hall–Kier alpha value is -0.860. The number of nitrogens with one attached hydrogen (secondary N) is 1. The van der Waals surface area contributed by atoms with Crippen molar-refractivity contribution in [2.24, 2.45) is 0 Å². The second-order valence-electron chi connectivity index (χ2n) is 4.40. The van der Waals surface area contributed by atoms with Crippen molar-refractivity contribution in [2.45, 2.75) is 37.5 Å². The lowest BCUT2D eigenvalue weighted by Crippen LogP contribution is -2.34. The van der Waals surface area contributed by atoms with Gasteiger partial charge < -0.3 is 10.4 Å². The Bertz CT molecular complexity index is 346. The normalized spacial score (nSPS) is 30.4. The number of aliphatic hydroxyl groups is 1. The van der Waals surface area contributed by atoms with Crippen LogP contribution in [0.3, 0.4) is 0 Å². The molecule has 0 saturated heterocycles. The second-order valence-corrected chi connectivity index (χ2v) is 4.40. The summed E-state index contributed by atoms with van der Waals surface area (Å²) in [7, 11) is 0. The molecule has 0 spiro atoms. The molecule has 2 heteroatoms. The van der Waals surface area contributed by atoms with Gasteiger partial charge in [-0.15, -0.1) is 0 Å². The number of rotatable bonds is 2. The lowest BCUT2D eigenvalue weighted by atomic mass is 10.1. The van der Waals surface area contributed by atoms with Gasteiger partial charge in [-0.1, -0.05) is 24.3 Å². The molecule has 0 bridgehead atoms. The molecule has 1 aromatic rings. The quantitative estimate of drug-likeness (QED) is 0.737. The van der Waals surface area contributed by atoms with Gasteiger partial charge in [0.2, 0.25) is 0 Å². The fraction of sp³-hybridized carbons (Fsp3) is 0.500. The van der Waals surface area contributed by atoms with Gasteiger partial charge in [-0.25, -0.2) is 0 Å². The zero-order chi connectivity index (χ0) is 9.54. The SMILES string of the molecule is OC1c2ccccc2CC1NC1CC1. The van der Waals surface area contributed by atoms with E-state index in [4.69, 9.17) is 0 Å². The minimum atomic E-state index is -0.299. The van der Waals surface area contributed by atoms with Gasteiger partial charge in [0.05, 0.1) is 6.10 Å². The van der Waals surface area contributed by atoms with E-state index in [1.807, 2.05) is 18.2 Å². The molecule has 0 heterocycles. The molecule has 0 radical (unpaired) electrons. The van der Waals surface area contributed by atoms with E-state index in [1.54, 1.807) is 0 Å². The van der Waals surface area contributed by atoms with Gasteiger partial charge in [-0.2, -0.15) is 0 Å². The van der Waals surface area contributed by atoms with Gasteiger partial charge in [0.1, 0.15) is 0 Å². The largest absolute Gasteiger partial charge is 0.387 e. The van der Waals surface area contributed by atoms with Crippen LogP contribution in [0, 0.1) is 0 Å². The van der Waals surface area contributed by atoms with Gasteiger partial charge in [0, 0.05) is 12.1 Å². The Balaban J connectivity index is 1.81. The number of hydrogen-bond donors (Lipinski definition) is 2. The van der Waals surface area contributed by atoms with Crippen LogP contribution in [0.2, 0.25) is 0 Å². The molecule has 1 fully saturated rings. The maximum Gasteiger partial charge on any atom is 0.0948 e. The lowest BCUT2D eigenvalue weighted by Gasteiger charge is -2.16. The van der Waals surface area contributed by atoms with Crippen LogP contribution in [-0.2, 0) is 6.42 Å². The van der Waals surface area contributed by atoms with E-state index < -0.39 is 0 Å². The average Bonchev–Trinajstić information content (AvgIpc) is 2.95. The first-order chi connectivity index (χ1) is 6.84. The molecule has 1 aromatic carbocycles. The molecule has 74 valence electrons. The molecule has 2 atom stereocenters. The Kier molecular flexibility index (Phi) is 1.85. The van der Waals surface area contributed by atoms with E-state index in [1.165, 1.54) is 18.4 Å². The van der Waals surface area contributed by atoms with Gasteiger partial charge in [-0.05, 0) is 30.4 Å². The highest BCUT2D eigenvalue weighted by Crippen LogP contribution is 2.33. The summed E-state index contributed by atoms with van der Waals surface area (Å²) >= 11 is 0. The van der Waals surface area contributed by atoms with Crippen LogP contribution in [0.4, 0.5) is 0 Å². The molecule has 2 unspecified atom stereocenters. The summed E-state index contributed by atoms with van der Waals surface area (Å²) in [5.74, 6) is 0. The van der Waals surface area contributed by atoms with E-state index in [0.29, 0.717) is 6.04 Å². The van der Waals surface area contributed by atoms with Crippen molar-refractivity contribution in [2.75, 3.05) is 0 Å². The highest BCUT2D eigenvalue weighted by molar-refractivity contribution is 5.35. The summed E-state index contributed by atoms with van der Waals surface area (Å²) in [5.41, 5.74) is 2.42. The molecule has 1 saturated carbocycles. The lowest BCUT2D eigenvalue weighted by molar-refractivity contribution is 0.141. The molecular formula is C12H15NO. The van der Waals surface area contributed by atoms with Crippen molar-refractivity contribution in [3.8, 4) is 0 Å². The van der Waals surface area contributed by atoms with E-state index in [9.17, 15) is 5.11 Å². The van der Waals surface area contributed by atoms with Gasteiger partial charge >= 0.3 is 0 Å². The van der Waals surface area contributed by atoms with Gasteiger partial charge in [-0.3, -0.25) is 0 Å². The van der Waals surface area contributed by atoms with Crippen LogP contribution in [-0.4, -0.2) is 17.2 Å². The fourth-order valence-corrected chi connectivity index (χ4v) is 2.28. The van der Waals surface area contributed by atoms with Crippen molar-refractivity contribution >= 4 is 0 Å². The highest BCUT2D eigenvalue weighted by atomic mass is 16.3. The second kappa shape index (κ2) is 3.07. The average molecular weight is 189 g/mol. The molecule has 3 rings (SSSR count). The number of benzene rings is 1. The van der Waals surface area contributed by atoms with Crippen LogP contribution >= 0.6 is 0 Å². The Morgan fingerprint density at radius 3 is 2.71 bits per heavy atom. The first kappa shape index (κ1) is 8.45. The molecule has 2 N–H and O–H groups in total. The van der Waals surface area contributed by atoms with Gasteiger partial charge in [0.25, 0.3) is 0 Å². The first-order valence-electron chi connectivity index (χ1n) is 5.36. The summed E-state index contributed by atoms with van der Waals surface area (Å²) in [4.78, 5) is 0. The van der Waals surface area contributed by atoms with Crippen molar-refractivity contribution < 1.29 is 5.11 Å². The topological polar surface area (TPSA) is 32.3 Å². The van der Waals surface area contributed by atoms with E-state index in [0.717, 1.165) is 12.0 Å². The maximum absolute atomic E-state index is 10.1. The standard InChI is InChI=1S/C12H15NO/c14-12-10-4-2-1-3-8(10)7-11(12)13-9-5-6-9/h1-4,9,11-14H,5-7H2. The Morgan fingerprint density at radius 2 is 2.00 bits per heavy atom. The number of fused-ring (bicyclic) bond motifs is 1. The Labute approximate surface area is 84.0 Å². The zero-order valence-electron chi connectivity index (χ0n) is 8.11. The minimum Gasteiger partial charge on any atom is -0.387 e. The molecule has 0 amide bonds. The predicted molar refractivity (Wildman–Crippen MR) is 55.1 cm³/mol. The van der Waals surface area contributed by atoms with Crippen LogP contribution < -0.4 is 5.32 Å². The van der Waals surface area contributed by atoms with Crippen molar-refractivity contribution in [3.63, 3.8) is 0 Å². The molecular weight excluding hydrogens is 174 g/mol. The van der Waals surface area contributed by atoms with Crippen molar-refractivity contribution in [3.05, 3.63) is 35.4 Å². The first-order valence-corrected chi connectivity index (χ1v) is 5.36. The van der Waals surface area contributed by atoms with Crippen LogP contribution in [0.5, 0.6) is 0 Å². The monoisotopic (exact) mass is 189 g/mol. The molecule has 0 aromatic heterocycles. The molecule has 2 aliphatic rings. The van der Waals surface area contributed by atoms with Crippen LogP contribution in [0.1, 0.15) is 30.1 Å². The molecule has 2 aliphatic carbocycles. The van der Waals surface area contributed by atoms with E-state index >= 15 is 0 Å². The Morgan fingerprint density at radius 1 is 1.21 bits per heavy atom. The maximum atomic E-state index is 10.1. The van der Waals surface area contributed by atoms with Crippen LogP contribution in [0.25, 0.3) is 0 Å². The zero-order valence-corrected chi connectivity index (χ0v) is 8.11. The third-order valence-electron chi connectivity index (χ3n) is 3.22. The van der Waals surface area contributed by atoms with E-state index in [-0.39, 0.29) is 12.1 Å². The highest BCUT2D eigenvalue weighted by Gasteiger charge is 2.34. The van der Waals surface area contributed by atoms with Gasteiger partial charge in [0.15, 0.2) is 0 Å². The van der Waals surface area contributed by atoms with Crippen molar-refractivity contribution in [1.82, 2.24) is 5.32 Å². The third kappa shape index (κ3) is 1.35. The smallest absolute Gasteiger partial charge is 0.0948 e. The molecule has 2 nitrogen and oxygen atoms in total. The third-order valence-corrected chi connectivity index (χ3v) is 3.22. The summed E-state index contributed by atoms with van der Waals surface area (Å²) < 4.78 is 0. The van der Waals surface area contributed by atoms with E-state index in [2.05, 4.69) is 11.4 Å². The molecule has 0 aliphatic heterocycles.